The van der Waals surface area contributed by atoms with E-state index in [0.717, 1.165) is 16.1 Å². The molecule has 3 rings (SSSR count). The Bertz CT molecular complexity index is 840. The predicted molar refractivity (Wildman–Crippen MR) is 98.9 cm³/mol. The van der Waals surface area contributed by atoms with Crippen LogP contribution >= 0.6 is 23.4 Å². The maximum Gasteiger partial charge on any atom is 0.252 e. The van der Waals surface area contributed by atoms with Crippen molar-refractivity contribution in [3.63, 3.8) is 0 Å². The van der Waals surface area contributed by atoms with Crippen LogP contribution in [0.1, 0.15) is 12.5 Å². The van der Waals surface area contributed by atoms with Crippen LogP contribution in [0.15, 0.2) is 47.4 Å². The molecule has 4 nitrogen and oxygen atoms in total. The number of benzene rings is 2. The number of carbonyl (C=O) groups excluding carboxylic acids is 2. The Morgan fingerprint density at radius 2 is 1.96 bits per heavy atom. The Morgan fingerprint density at radius 1 is 1.25 bits per heavy atom. The monoisotopic (exact) mass is 360 g/mol. The molecule has 0 aromatic heterocycles. The van der Waals surface area contributed by atoms with Gasteiger partial charge in [0.05, 0.1) is 5.69 Å². The van der Waals surface area contributed by atoms with E-state index >= 15 is 0 Å². The molecule has 0 saturated heterocycles. The highest BCUT2D eigenvalue weighted by atomic mass is 35.5. The van der Waals surface area contributed by atoms with Crippen LogP contribution in [0, 0.1) is 6.92 Å². The number of fused-ring (bicyclic) bond motifs is 1. The van der Waals surface area contributed by atoms with Crippen LogP contribution in [0.5, 0.6) is 0 Å². The number of nitrogens with zero attached hydrogens (tertiary/aromatic N) is 1. The first-order valence-electron chi connectivity index (χ1n) is 7.47. The topological polar surface area (TPSA) is 49.4 Å². The molecular weight excluding hydrogens is 344 g/mol. The van der Waals surface area contributed by atoms with Gasteiger partial charge < -0.3 is 10.2 Å². The summed E-state index contributed by atoms with van der Waals surface area (Å²) in [5.74, 6) is -0.610. The van der Waals surface area contributed by atoms with Crippen LogP contribution in [-0.2, 0) is 9.59 Å². The summed E-state index contributed by atoms with van der Waals surface area (Å²) in [5, 5.41) is 3.38. The Hall–Kier alpha value is -1.98. The summed E-state index contributed by atoms with van der Waals surface area (Å²) in [6.07, 6.45) is 0. The van der Waals surface area contributed by atoms with Gasteiger partial charge in [0, 0.05) is 22.7 Å². The number of thioether (sulfide) groups is 1. The SMILES string of the molecule is Cc1ccc(NC(=O)C2(C)Sc3ccccc3N(C)C2=O)cc1Cl. The van der Waals surface area contributed by atoms with Gasteiger partial charge in [0.1, 0.15) is 0 Å². The molecule has 0 bridgehead atoms. The summed E-state index contributed by atoms with van der Waals surface area (Å²) >= 11 is 7.37. The summed E-state index contributed by atoms with van der Waals surface area (Å²) in [5.41, 5.74) is 2.32. The van der Waals surface area contributed by atoms with Gasteiger partial charge in [-0.15, -0.1) is 0 Å². The minimum Gasteiger partial charge on any atom is -0.324 e. The molecule has 1 unspecified atom stereocenters. The van der Waals surface area contributed by atoms with E-state index in [1.165, 1.54) is 16.7 Å². The lowest BCUT2D eigenvalue weighted by atomic mass is 10.1. The molecule has 0 spiro atoms. The zero-order valence-electron chi connectivity index (χ0n) is 13.6. The van der Waals surface area contributed by atoms with Crippen LogP contribution in [0.4, 0.5) is 11.4 Å². The number of amides is 2. The lowest BCUT2D eigenvalue weighted by Gasteiger charge is -2.36. The minimum atomic E-state index is -1.24. The lowest BCUT2D eigenvalue weighted by molar-refractivity contribution is -0.128. The van der Waals surface area contributed by atoms with E-state index in [4.69, 9.17) is 11.6 Å². The van der Waals surface area contributed by atoms with E-state index in [2.05, 4.69) is 5.32 Å². The molecule has 1 aliphatic rings. The van der Waals surface area contributed by atoms with Crippen molar-refractivity contribution in [1.29, 1.82) is 0 Å². The van der Waals surface area contributed by atoms with Crippen molar-refractivity contribution in [3.8, 4) is 0 Å². The van der Waals surface area contributed by atoms with Crippen LogP contribution < -0.4 is 10.2 Å². The van der Waals surface area contributed by atoms with Crippen molar-refractivity contribution < 1.29 is 9.59 Å². The number of para-hydroxylation sites is 1. The third-order valence-electron chi connectivity index (χ3n) is 4.12. The van der Waals surface area contributed by atoms with Crippen LogP contribution in [0.2, 0.25) is 5.02 Å². The Labute approximate surface area is 150 Å². The van der Waals surface area contributed by atoms with Gasteiger partial charge in [-0.2, -0.15) is 0 Å². The third-order valence-corrected chi connectivity index (χ3v) is 5.86. The maximum atomic E-state index is 12.8. The highest BCUT2D eigenvalue weighted by molar-refractivity contribution is 8.02. The number of carbonyl (C=O) groups is 2. The van der Waals surface area contributed by atoms with E-state index in [9.17, 15) is 9.59 Å². The van der Waals surface area contributed by atoms with Gasteiger partial charge in [-0.1, -0.05) is 41.6 Å². The van der Waals surface area contributed by atoms with Crippen molar-refractivity contribution in [2.24, 2.45) is 0 Å². The zero-order chi connectivity index (χ0) is 17.5. The van der Waals surface area contributed by atoms with Gasteiger partial charge >= 0.3 is 0 Å². The van der Waals surface area contributed by atoms with Gasteiger partial charge in [-0.05, 0) is 43.7 Å². The maximum absolute atomic E-state index is 12.8. The van der Waals surface area contributed by atoms with Crippen molar-refractivity contribution in [2.45, 2.75) is 23.5 Å². The molecule has 0 aliphatic carbocycles. The third kappa shape index (κ3) is 2.78. The molecule has 2 aromatic carbocycles. The zero-order valence-corrected chi connectivity index (χ0v) is 15.2. The van der Waals surface area contributed by atoms with Gasteiger partial charge in [0.15, 0.2) is 4.75 Å². The number of nitrogens with one attached hydrogen (secondary N) is 1. The van der Waals surface area contributed by atoms with E-state index in [1.54, 1.807) is 26.1 Å². The number of hydrogen-bond acceptors (Lipinski definition) is 3. The van der Waals surface area contributed by atoms with Crippen molar-refractivity contribution in [1.82, 2.24) is 0 Å². The lowest BCUT2D eigenvalue weighted by Crippen LogP contribution is -2.53. The second-order valence-electron chi connectivity index (χ2n) is 5.89. The molecule has 0 fully saturated rings. The molecule has 1 atom stereocenters. The van der Waals surface area contributed by atoms with Crippen LogP contribution in [0.25, 0.3) is 0 Å². The van der Waals surface area contributed by atoms with Gasteiger partial charge in [0.2, 0.25) is 5.91 Å². The van der Waals surface area contributed by atoms with Crippen LogP contribution in [-0.4, -0.2) is 23.6 Å². The molecule has 2 aromatic rings. The standard InChI is InChI=1S/C18H17ClN2O2S/c1-11-8-9-12(10-13(11)19)20-16(22)18(2)17(23)21(3)14-6-4-5-7-15(14)24-18/h4-10H,1-3H3,(H,20,22). The van der Waals surface area contributed by atoms with Crippen LogP contribution in [0.3, 0.4) is 0 Å². The fraction of sp³-hybridized carbons (Fsp3) is 0.222. The number of aryl methyl sites for hydroxylation is 1. The average molecular weight is 361 g/mol. The fourth-order valence-electron chi connectivity index (χ4n) is 2.58. The first-order chi connectivity index (χ1) is 11.3. The number of hydrogen-bond donors (Lipinski definition) is 1. The highest BCUT2D eigenvalue weighted by Gasteiger charge is 2.48. The number of rotatable bonds is 2. The van der Waals surface area contributed by atoms with E-state index in [-0.39, 0.29) is 11.8 Å². The molecule has 1 heterocycles. The van der Waals surface area contributed by atoms with E-state index < -0.39 is 4.75 Å². The number of anilines is 2. The summed E-state index contributed by atoms with van der Waals surface area (Å²) in [6, 6.07) is 12.9. The Morgan fingerprint density at radius 3 is 2.67 bits per heavy atom. The molecule has 1 aliphatic heterocycles. The van der Waals surface area contributed by atoms with Gasteiger partial charge in [-0.3, -0.25) is 9.59 Å². The first kappa shape index (κ1) is 16.9. The normalized spacial score (nSPS) is 19.8. The Kier molecular flexibility index (Phi) is 4.32. The molecular formula is C18H17ClN2O2S. The average Bonchev–Trinajstić information content (AvgIpc) is 2.56. The van der Waals surface area contributed by atoms with Crippen molar-refractivity contribution in [2.75, 3.05) is 17.3 Å². The molecule has 0 saturated carbocycles. The van der Waals surface area contributed by atoms with Gasteiger partial charge in [0.25, 0.3) is 5.91 Å². The second-order valence-corrected chi connectivity index (χ2v) is 7.75. The fourth-order valence-corrected chi connectivity index (χ4v) is 4.02. The Balaban J connectivity index is 1.91. The van der Waals surface area contributed by atoms with Gasteiger partial charge in [-0.25, -0.2) is 0 Å². The molecule has 124 valence electrons. The number of halogens is 1. The summed E-state index contributed by atoms with van der Waals surface area (Å²) in [6.45, 7) is 3.54. The van der Waals surface area contributed by atoms with Crippen molar-refractivity contribution in [3.05, 3.63) is 53.1 Å². The predicted octanol–water partition coefficient (Wildman–Crippen LogP) is 4.11. The molecule has 1 N–H and O–H groups in total. The van der Waals surface area contributed by atoms with E-state index in [0.29, 0.717) is 10.7 Å². The summed E-state index contributed by atoms with van der Waals surface area (Å²) in [4.78, 5) is 28.0. The molecule has 24 heavy (non-hydrogen) atoms. The van der Waals surface area contributed by atoms with E-state index in [1.807, 2.05) is 37.3 Å². The largest absolute Gasteiger partial charge is 0.324 e. The quantitative estimate of drug-likeness (QED) is 0.820. The minimum absolute atomic E-state index is 0.248. The first-order valence-corrected chi connectivity index (χ1v) is 8.66. The molecule has 6 heteroatoms. The highest BCUT2D eigenvalue weighted by Crippen LogP contribution is 2.45. The molecule has 2 amide bonds. The molecule has 0 radical (unpaired) electrons. The summed E-state index contributed by atoms with van der Waals surface area (Å²) in [7, 11) is 1.69. The second kappa shape index (κ2) is 6.15. The smallest absolute Gasteiger partial charge is 0.252 e. The van der Waals surface area contributed by atoms with Crippen molar-refractivity contribution >= 4 is 46.6 Å². The summed E-state index contributed by atoms with van der Waals surface area (Å²) < 4.78 is -1.24.